The minimum absolute atomic E-state index is 0.0137. The van der Waals surface area contributed by atoms with Crippen molar-refractivity contribution >= 4 is 70.9 Å². The summed E-state index contributed by atoms with van der Waals surface area (Å²) in [5.41, 5.74) is 16.4. The number of phenolic OH excluding ortho intramolecular Hbond substituents is 1. The molecule has 2 aliphatic rings. The largest absolute Gasteiger partial charge is 0.508 e. The number of hydrogen-bond donors (Lipinski definition) is 12. The van der Waals surface area contributed by atoms with E-state index >= 15 is 0 Å². The molecule has 1 aliphatic heterocycles. The number of primary amides is 3. The number of nitrogens with two attached hydrogens (primary N) is 3. The van der Waals surface area contributed by atoms with Crippen molar-refractivity contribution in [2.75, 3.05) is 26.7 Å². The van der Waals surface area contributed by atoms with Gasteiger partial charge in [0.15, 0.2) is 0 Å². The van der Waals surface area contributed by atoms with E-state index in [1.165, 1.54) is 38.2 Å². The lowest BCUT2D eigenvalue weighted by Gasteiger charge is -2.35. The molecule has 374 valence electrons. The molecule has 1 aromatic rings. The fraction of sp³-hybridized carbons (Fsp3) is 0.581. The molecule has 2 fully saturated rings. The van der Waals surface area contributed by atoms with Crippen LogP contribution in [0.4, 0.5) is 0 Å². The third-order valence-electron chi connectivity index (χ3n) is 11.6. The number of likely N-dealkylation sites (N-methyl/N-ethyl adjacent to an activating group) is 1. The first kappa shape index (κ1) is 55.0. The fourth-order valence-electron chi connectivity index (χ4n) is 7.42. The van der Waals surface area contributed by atoms with Crippen LogP contribution in [0.25, 0.3) is 0 Å². The molecule has 3 rings (SSSR count). The van der Waals surface area contributed by atoms with Gasteiger partial charge in [0.2, 0.25) is 70.9 Å². The standard InChI is InChI=1S/C43H64N12O13/c1-5-21(2)36-42(67)53-28(10-12-31(44)57)40(65)54-29(18-32(45)58)41(66)52-27(39(64)47-15-14-24-17-26(24)38(63)50-22(3)37(62)49-19-33(46)59)11-13-34(60)48-20-35(61)51-30(43(68)55(36)4)16-23-6-8-25(56)9-7-23/h6-9,21-22,24,26-30,36,56H,5,10-20H2,1-4H3,(H2,44,57)(H2,45,58)(H2,46,59)(H,47,64)(H,48,60)(H,49,62)(H,50,63)(H,51,61)(H,52,66)(H,53,67)(H,54,65). The van der Waals surface area contributed by atoms with Crippen molar-refractivity contribution in [2.45, 2.75) is 115 Å². The summed E-state index contributed by atoms with van der Waals surface area (Å²) >= 11 is 0. The van der Waals surface area contributed by atoms with E-state index in [-0.39, 0.29) is 37.5 Å². The summed E-state index contributed by atoms with van der Waals surface area (Å²) in [4.78, 5) is 157. The van der Waals surface area contributed by atoms with E-state index in [9.17, 15) is 62.6 Å². The molecule has 1 saturated carbocycles. The van der Waals surface area contributed by atoms with Crippen LogP contribution in [0, 0.1) is 17.8 Å². The van der Waals surface area contributed by atoms with Gasteiger partial charge in [-0.3, -0.25) is 57.5 Å². The minimum atomic E-state index is -1.76. The van der Waals surface area contributed by atoms with Gasteiger partial charge in [-0.05, 0) is 62.1 Å². The zero-order chi connectivity index (χ0) is 50.8. The van der Waals surface area contributed by atoms with Gasteiger partial charge in [0, 0.05) is 38.8 Å². The number of carbonyl (C=O) groups excluding carboxylic acids is 12. The smallest absolute Gasteiger partial charge is 0.245 e. The molecule has 0 bridgehead atoms. The van der Waals surface area contributed by atoms with Crippen LogP contribution in [0.15, 0.2) is 24.3 Å². The summed E-state index contributed by atoms with van der Waals surface area (Å²) < 4.78 is 0. The molecule has 25 heteroatoms. The molecule has 1 heterocycles. The number of amides is 12. The summed E-state index contributed by atoms with van der Waals surface area (Å²) in [5, 5.41) is 29.7. The average Bonchev–Trinajstić information content (AvgIpc) is 4.06. The van der Waals surface area contributed by atoms with E-state index in [0.717, 1.165) is 4.90 Å². The predicted molar refractivity (Wildman–Crippen MR) is 239 cm³/mol. The van der Waals surface area contributed by atoms with Gasteiger partial charge in [-0.25, -0.2) is 0 Å². The van der Waals surface area contributed by atoms with Crippen LogP contribution in [0.5, 0.6) is 5.75 Å². The Balaban J connectivity index is 1.91. The van der Waals surface area contributed by atoms with Gasteiger partial charge < -0.3 is 69.7 Å². The Hall–Kier alpha value is -7.34. The summed E-state index contributed by atoms with van der Waals surface area (Å²) in [7, 11) is 1.32. The molecule has 9 unspecified atom stereocenters. The van der Waals surface area contributed by atoms with Gasteiger partial charge in [0.1, 0.15) is 42.0 Å². The van der Waals surface area contributed by atoms with Crippen molar-refractivity contribution in [3.05, 3.63) is 29.8 Å². The van der Waals surface area contributed by atoms with Crippen LogP contribution >= 0.6 is 0 Å². The Morgan fingerprint density at radius 2 is 1.43 bits per heavy atom. The monoisotopic (exact) mass is 956 g/mol. The molecule has 0 radical (unpaired) electrons. The number of aromatic hydroxyl groups is 1. The number of nitrogens with zero attached hydrogens (tertiary/aromatic N) is 1. The van der Waals surface area contributed by atoms with E-state index in [0.29, 0.717) is 18.4 Å². The van der Waals surface area contributed by atoms with Gasteiger partial charge in [-0.1, -0.05) is 32.4 Å². The molecule has 25 nitrogen and oxygen atoms in total. The van der Waals surface area contributed by atoms with E-state index < -0.39 is 158 Å². The molecule has 0 aromatic heterocycles. The molecular formula is C43H64N12O13. The lowest BCUT2D eigenvalue weighted by atomic mass is 9.95. The molecule has 68 heavy (non-hydrogen) atoms. The maximum atomic E-state index is 14.3. The number of benzene rings is 1. The maximum absolute atomic E-state index is 14.3. The second-order valence-electron chi connectivity index (χ2n) is 17.0. The fourth-order valence-corrected chi connectivity index (χ4v) is 7.42. The summed E-state index contributed by atoms with van der Waals surface area (Å²) in [6.07, 6.45) is -1.53. The van der Waals surface area contributed by atoms with Crippen molar-refractivity contribution in [2.24, 2.45) is 35.0 Å². The van der Waals surface area contributed by atoms with Crippen LogP contribution in [0.3, 0.4) is 0 Å². The molecule has 9 atom stereocenters. The zero-order valence-corrected chi connectivity index (χ0v) is 38.5. The van der Waals surface area contributed by atoms with Crippen LogP contribution in [0.1, 0.15) is 77.7 Å². The predicted octanol–water partition coefficient (Wildman–Crippen LogP) is -4.95. The molecule has 15 N–H and O–H groups in total. The highest BCUT2D eigenvalue weighted by Gasteiger charge is 2.43. The lowest BCUT2D eigenvalue weighted by molar-refractivity contribution is -0.144. The van der Waals surface area contributed by atoms with Crippen molar-refractivity contribution < 1.29 is 62.6 Å². The van der Waals surface area contributed by atoms with E-state index in [2.05, 4.69) is 42.5 Å². The molecule has 12 amide bonds. The van der Waals surface area contributed by atoms with Gasteiger partial charge in [0.25, 0.3) is 0 Å². The number of rotatable bonds is 18. The van der Waals surface area contributed by atoms with Crippen LogP contribution < -0.4 is 59.7 Å². The Morgan fingerprint density at radius 3 is 2.04 bits per heavy atom. The highest BCUT2D eigenvalue weighted by atomic mass is 16.3. The Kier molecular flexibility index (Phi) is 21.1. The zero-order valence-electron chi connectivity index (χ0n) is 38.5. The van der Waals surface area contributed by atoms with Crippen molar-refractivity contribution in [1.29, 1.82) is 0 Å². The first-order chi connectivity index (χ1) is 32.0. The number of hydrogen-bond acceptors (Lipinski definition) is 13. The van der Waals surface area contributed by atoms with Crippen molar-refractivity contribution in [3.8, 4) is 5.75 Å². The van der Waals surface area contributed by atoms with Gasteiger partial charge in [-0.2, -0.15) is 0 Å². The summed E-state index contributed by atoms with van der Waals surface area (Å²) in [6.45, 7) is 3.78. The maximum Gasteiger partial charge on any atom is 0.245 e. The first-order valence-corrected chi connectivity index (χ1v) is 22.2. The van der Waals surface area contributed by atoms with Crippen LogP contribution in [-0.2, 0) is 64.0 Å². The van der Waals surface area contributed by atoms with Crippen molar-refractivity contribution in [1.82, 2.24) is 47.4 Å². The number of phenols is 1. The lowest BCUT2D eigenvalue weighted by Crippen LogP contribution is -2.61. The number of nitrogens with one attached hydrogen (secondary N) is 8. The van der Waals surface area contributed by atoms with Crippen LogP contribution in [-0.4, -0.2) is 144 Å². The van der Waals surface area contributed by atoms with E-state index in [4.69, 9.17) is 17.2 Å². The van der Waals surface area contributed by atoms with Gasteiger partial charge in [0.05, 0.1) is 19.5 Å². The Bertz CT molecular complexity index is 2070. The quantitative estimate of drug-likeness (QED) is 0.0657. The Morgan fingerprint density at radius 1 is 0.779 bits per heavy atom. The van der Waals surface area contributed by atoms with E-state index in [1.807, 2.05) is 0 Å². The summed E-state index contributed by atoms with van der Waals surface area (Å²) in [6, 6.07) is -2.61. The SMILES string of the molecule is CCC(C)C1C(=O)NC(CCC(N)=O)C(=O)NC(CC(N)=O)C(=O)NC(C(=O)NCCC2CC2C(=O)NC(C)C(=O)NCC(N)=O)CCC(=O)NCC(=O)NC(Cc2ccc(O)cc2)C(=O)N1C. The van der Waals surface area contributed by atoms with Crippen LogP contribution in [0.2, 0.25) is 0 Å². The van der Waals surface area contributed by atoms with Crippen molar-refractivity contribution in [3.63, 3.8) is 0 Å². The topological polar surface area (TPSA) is 403 Å². The third-order valence-corrected chi connectivity index (χ3v) is 11.6. The molecule has 0 spiro atoms. The highest BCUT2D eigenvalue weighted by Crippen LogP contribution is 2.41. The molecule has 1 saturated heterocycles. The van der Waals surface area contributed by atoms with E-state index in [1.54, 1.807) is 13.8 Å². The third kappa shape index (κ3) is 17.8. The summed E-state index contributed by atoms with van der Waals surface area (Å²) in [5.74, 6) is -11.1. The number of carbonyl (C=O) groups is 12. The molecule has 1 aliphatic carbocycles. The first-order valence-electron chi connectivity index (χ1n) is 22.2. The second-order valence-corrected chi connectivity index (χ2v) is 17.0. The Labute approximate surface area is 392 Å². The van der Waals surface area contributed by atoms with Gasteiger partial charge in [-0.15, -0.1) is 0 Å². The normalized spacial score (nSPS) is 24.0. The average molecular weight is 957 g/mol. The highest BCUT2D eigenvalue weighted by molar-refractivity contribution is 5.98. The second kappa shape index (κ2) is 26.1. The molecular weight excluding hydrogens is 893 g/mol. The minimum Gasteiger partial charge on any atom is -0.508 e. The van der Waals surface area contributed by atoms with Gasteiger partial charge >= 0.3 is 0 Å². The molecule has 1 aromatic carbocycles.